The topological polar surface area (TPSA) is 78.9 Å². The maximum Gasteiger partial charge on any atom is 0.333 e. The summed E-state index contributed by atoms with van der Waals surface area (Å²) in [5.74, 6) is -0.811. The van der Waals surface area contributed by atoms with Crippen molar-refractivity contribution in [2.75, 3.05) is 19.8 Å². The fourth-order valence-corrected chi connectivity index (χ4v) is 10.3. The molecule has 0 saturated heterocycles. The molecule has 0 aliphatic heterocycles. The van der Waals surface area contributed by atoms with Crippen molar-refractivity contribution in [2.45, 2.75) is 66.2 Å². The molecule has 3 unspecified atom stereocenters. The lowest BCUT2D eigenvalue weighted by Crippen LogP contribution is -2.33. The van der Waals surface area contributed by atoms with Crippen molar-refractivity contribution in [1.29, 1.82) is 0 Å². The van der Waals surface area contributed by atoms with Crippen LogP contribution in [0.5, 0.6) is 0 Å². The van der Waals surface area contributed by atoms with E-state index in [9.17, 15) is 14.4 Å². The minimum Gasteiger partial charge on any atom is -0.462 e. The first-order valence-electron chi connectivity index (χ1n) is 23.3. The number of rotatable bonds is 14. The molecule has 0 radical (unpaired) electrons. The minimum atomic E-state index is -0.790. The van der Waals surface area contributed by atoms with E-state index in [1.54, 1.807) is 20.8 Å². The summed E-state index contributed by atoms with van der Waals surface area (Å²) >= 11 is 0. The molecule has 4 aromatic carbocycles. The molecule has 5 aliphatic rings. The third-order valence-corrected chi connectivity index (χ3v) is 13.9. The molecule has 0 amide bonds. The fraction of sp³-hybridized carbons (Fsp3) is 0.262. The second kappa shape index (κ2) is 17.6. The van der Waals surface area contributed by atoms with Crippen LogP contribution in [0.2, 0.25) is 0 Å². The van der Waals surface area contributed by atoms with Gasteiger partial charge >= 0.3 is 17.9 Å². The van der Waals surface area contributed by atoms with Gasteiger partial charge in [-0.15, -0.1) is 0 Å². The van der Waals surface area contributed by atoms with Crippen LogP contribution in [0, 0.1) is 17.3 Å². The molecule has 4 aromatic rings. The lowest BCUT2D eigenvalue weighted by Gasteiger charge is -2.42. The molecule has 9 rings (SSSR count). The Balaban J connectivity index is 1.13. The lowest BCUT2D eigenvalue weighted by atomic mass is 9.61. The predicted molar refractivity (Wildman–Crippen MR) is 270 cm³/mol. The van der Waals surface area contributed by atoms with Crippen LogP contribution in [0.4, 0.5) is 0 Å². The minimum absolute atomic E-state index is 0.0383. The number of hydrogen-bond donors (Lipinski definition) is 0. The third-order valence-electron chi connectivity index (χ3n) is 13.9. The zero-order chi connectivity index (χ0) is 47.4. The molecule has 6 nitrogen and oxygen atoms in total. The van der Waals surface area contributed by atoms with E-state index in [1.807, 2.05) is 0 Å². The Morgan fingerprint density at radius 1 is 0.597 bits per heavy atom. The monoisotopic (exact) mass is 886 g/mol. The summed E-state index contributed by atoms with van der Waals surface area (Å²) in [5, 5.41) is 2.17. The van der Waals surface area contributed by atoms with Crippen molar-refractivity contribution in [1.82, 2.24) is 0 Å². The molecule has 0 fully saturated rings. The molecule has 67 heavy (non-hydrogen) atoms. The highest BCUT2D eigenvalue weighted by Crippen LogP contribution is 2.56. The number of carbonyl (C=O) groups excluding carboxylic acids is 3. The quantitative estimate of drug-likeness (QED) is 0.0543. The van der Waals surface area contributed by atoms with E-state index in [0.717, 1.165) is 55.3 Å². The van der Waals surface area contributed by atoms with Gasteiger partial charge in [0, 0.05) is 35.0 Å². The van der Waals surface area contributed by atoms with Crippen molar-refractivity contribution in [3.05, 3.63) is 208 Å². The van der Waals surface area contributed by atoms with Gasteiger partial charge in [0.1, 0.15) is 6.61 Å². The number of carbonyl (C=O) groups is 3. The lowest BCUT2D eigenvalue weighted by molar-refractivity contribution is -0.141. The Morgan fingerprint density at radius 2 is 1.18 bits per heavy atom. The van der Waals surface area contributed by atoms with Crippen molar-refractivity contribution >= 4 is 34.3 Å². The second-order valence-electron chi connectivity index (χ2n) is 19.9. The van der Waals surface area contributed by atoms with E-state index in [0.29, 0.717) is 36.0 Å². The van der Waals surface area contributed by atoms with Crippen LogP contribution in [0.15, 0.2) is 186 Å². The van der Waals surface area contributed by atoms with Crippen LogP contribution in [0.1, 0.15) is 76.6 Å². The van der Waals surface area contributed by atoms with Crippen LogP contribution < -0.4 is 0 Å². The van der Waals surface area contributed by atoms with E-state index < -0.39 is 17.4 Å². The molecule has 3 atom stereocenters. The summed E-state index contributed by atoms with van der Waals surface area (Å²) in [6.45, 7) is 23.7. The molecule has 6 heteroatoms. The van der Waals surface area contributed by atoms with Gasteiger partial charge in [0.25, 0.3) is 0 Å². The molecule has 0 heterocycles. The number of ether oxygens (including phenoxy) is 3. The van der Waals surface area contributed by atoms with E-state index in [4.69, 9.17) is 14.2 Å². The second-order valence-corrected chi connectivity index (χ2v) is 19.9. The molecule has 0 bridgehead atoms. The molecule has 5 aliphatic carbocycles. The summed E-state index contributed by atoms with van der Waals surface area (Å²) < 4.78 is 17.3. The highest BCUT2D eigenvalue weighted by molar-refractivity contribution is 5.93. The zero-order valence-corrected chi connectivity index (χ0v) is 39.5. The molecular weight excluding hydrogens is 829 g/mol. The van der Waals surface area contributed by atoms with Gasteiger partial charge in [-0.2, -0.15) is 0 Å². The molecule has 0 aromatic heterocycles. The summed E-state index contributed by atoms with van der Waals surface area (Å²) in [6.07, 6.45) is 20.2. The van der Waals surface area contributed by atoms with Gasteiger partial charge in [0.2, 0.25) is 0 Å². The summed E-state index contributed by atoms with van der Waals surface area (Å²) in [7, 11) is 0. The van der Waals surface area contributed by atoms with Gasteiger partial charge in [-0.3, -0.25) is 0 Å². The average molecular weight is 887 g/mol. The summed E-state index contributed by atoms with van der Waals surface area (Å²) in [4.78, 5) is 37.9. The Hall–Kier alpha value is -7.05. The summed E-state index contributed by atoms with van der Waals surface area (Å²) in [6, 6.07) is 26.2. The number of fused-ring (bicyclic) bond motifs is 4. The molecular formula is C61H58O6. The molecule has 338 valence electrons. The summed E-state index contributed by atoms with van der Waals surface area (Å²) in [5.41, 5.74) is 16.7. The molecule has 0 N–H and O–H groups in total. The SMILES string of the molecule is C=C(C)C(=O)OCCCC1(COC(=O)C(=C)C)c2cc(C3=C4C=CC5=CC(C(C)(C)C)=CC6=CC=C(C=C3)C4C65)ccc2-c2ccc(-c3ccc4cc(CCOC(=O)C(=C)C)ccc4c3)cc21. The first kappa shape index (κ1) is 45.1. The predicted octanol–water partition coefficient (Wildman–Crippen LogP) is 13.4. The number of hydrogen-bond acceptors (Lipinski definition) is 6. The molecule has 0 spiro atoms. The van der Waals surface area contributed by atoms with Gasteiger partial charge in [-0.25, -0.2) is 14.4 Å². The van der Waals surface area contributed by atoms with E-state index in [2.05, 4.69) is 162 Å². The third kappa shape index (κ3) is 8.50. The number of esters is 3. The van der Waals surface area contributed by atoms with Gasteiger partial charge in [0.05, 0.1) is 18.6 Å². The highest BCUT2D eigenvalue weighted by atomic mass is 16.5. The van der Waals surface area contributed by atoms with Crippen molar-refractivity contribution in [3.8, 4) is 22.3 Å². The smallest absolute Gasteiger partial charge is 0.333 e. The van der Waals surface area contributed by atoms with Gasteiger partial charge in [-0.05, 0) is 146 Å². The highest BCUT2D eigenvalue weighted by Gasteiger charge is 2.46. The van der Waals surface area contributed by atoms with Gasteiger partial charge in [-0.1, -0.05) is 144 Å². The van der Waals surface area contributed by atoms with E-state index >= 15 is 0 Å². The Morgan fingerprint density at radius 3 is 1.88 bits per heavy atom. The Bertz CT molecular complexity index is 3070. The number of allylic oxidation sites excluding steroid dienone is 14. The zero-order valence-electron chi connectivity index (χ0n) is 39.5. The number of benzene rings is 4. The first-order chi connectivity index (χ1) is 32.0. The fourth-order valence-electron chi connectivity index (χ4n) is 10.3. The van der Waals surface area contributed by atoms with E-state index in [1.165, 1.54) is 33.4 Å². The maximum atomic E-state index is 13.4. The van der Waals surface area contributed by atoms with Crippen molar-refractivity contribution in [2.24, 2.45) is 17.3 Å². The Kier molecular flexibility index (Phi) is 11.9. The molecule has 0 saturated carbocycles. The average Bonchev–Trinajstić information content (AvgIpc) is 3.58. The maximum absolute atomic E-state index is 13.4. The van der Waals surface area contributed by atoms with Crippen molar-refractivity contribution in [3.63, 3.8) is 0 Å². The standard InChI is InChI=1S/C61H58O6/c1-36(2)57(62)65-27-10-26-61(35-67-59(64)38(5)6)53-33-44(43-15-14-41-29-39(11-12-42(41)30-43)25-28-66-58(63)37(3)4)18-22-50(53)51-23-19-45(34-54(51)61)49-21-17-40-13-16-46-31-48(60(7,8)9)32-47-20-24-52(49)56(40)55(46)47/h11-24,29-34,55-56H,1,3,5,10,25-28,35H2,2,4,6-9H3. The normalized spacial score (nSPS) is 19.6. The van der Waals surface area contributed by atoms with Crippen LogP contribution in [-0.4, -0.2) is 37.7 Å². The van der Waals surface area contributed by atoms with E-state index in [-0.39, 0.29) is 43.0 Å². The first-order valence-corrected chi connectivity index (χ1v) is 23.3. The van der Waals surface area contributed by atoms with Crippen molar-refractivity contribution < 1.29 is 28.6 Å². The van der Waals surface area contributed by atoms with Crippen LogP contribution in [0.3, 0.4) is 0 Å². The Labute approximate surface area is 394 Å². The van der Waals surface area contributed by atoms with Crippen LogP contribution in [-0.2, 0) is 40.4 Å². The largest absolute Gasteiger partial charge is 0.462 e. The van der Waals surface area contributed by atoms with Gasteiger partial charge < -0.3 is 14.2 Å². The van der Waals surface area contributed by atoms with Crippen LogP contribution in [0.25, 0.3) is 38.6 Å². The van der Waals surface area contributed by atoms with Gasteiger partial charge in [0.15, 0.2) is 0 Å². The van der Waals surface area contributed by atoms with Crippen LogP contribution >= 0.6 is 0 Å².